The van der Waals surface area contributed by atoms with Crippen molar-refractivity contribution in [2.24, 2.45) is 10.2 Å². The van der Waals surface area contributed by atoms with Crippen LogP contribution in [0.1, 0.15) is 38.7 Å². The highest BCUT2D eigenvalue weighted by Crippen LogP contribution is 2.32. The molecule has 0 unspecified atom stereocenters. The number of aryl methyl sites for hydroxylation is 1. The lowest BCUT2D eigenvalue weighted by Crippen LogP contribution is -2.10. The van der Waals surface area contributed by atoms with Gasteiger partial charge in [0.2, 0.25) is 23.1 Å². The first kappa shape index (κ1) is 28.6. The van der Waals surface area contributed by atoms with Crippen LogP contribution in [0.2, 0.25) is 5.28 Å². The number of amides is 1. The van der Waals surface area contributed by atoms with Crippen LogP contribution >= 0.6 is 11.6 Å². The third-order valence-corrected chi connectivity index (χ3v) is 6.63. The van der Waals surface area contributed by atoms with Gasteiger partial charge in [0.15, 0.2) is 0 Å². The number of benzene rings is 4. The Balaban J connectivity index is 1.37. The van der Waals surface area contributed by atoms with Gasteiger partial charge in [0, 0.05) is 17.8 Å². The minimum absolute atomic E-state index is 0.0393. The Labute approximate surface area is 249 Å². The van der Waals surface area contributed by atoms with Gasteiger partial charge < -0.3 is 16.0 Å². The summed E-state index contributed by atoms with van der Waals surface area (Å²) in [7, 11) is 0. The summed E-state index contributed by atoms with van der Waals surface area (Å²) in [5, 5.41) is 20.3. The number of rotatable bonds is 11. The van der Waals surface area contributed by atoms with Gasteiger partial charge in [0.1, 0.15) is 5.69 Å². The van der Waals surface area contributed by atoms with Crippen LogP contribution in [0.15, 0.2) is 95.2 Å². The number of hydrogen-bond donors (Lipinski definition) is 3. The van der Waals surface area contributed by atoms with Gasteiger partial charge in [-0.25, -0.2) is 0 Å². The summed E-state index contributed by atoms with van der Waals surface area (Å²) in [6.07, 6.45) is 3.58. The molecule has 42 heavy (non-hydrogen) atoms. The number of nitrogens with one attached hydrogen (secondary N) is 3. The van der Waals surface area contributed by atoms with E-state index in [1.165, 1.54) is 5.56 Å². The third-order valence-electron chi connectivity index (χ3n) is 6.46. The fourth-order valence-corrected chi connectivity index (χ4v) is 4.46. The zero-order valence-electron chi connectivity index (χ0n) is 23.4. The first-order valence-electron chi connectivity index (χ1n) is 13.9. The molecule has 0 atom stereocenters. The summed E-state index contributed by atoms with van der Waals surface area (Å²) in [6.45, 7) is 3.96. The molecule has 5 rings (SSSR count). The van der Waals surface area contributed by atoms with E-state index < -0.39 is 0 Å². The molecule has 0 aliphatic rings. The standard InChI is InChI=1S/C32H31ClN8O/c1-3-5-9-21-10-8-13-24(18-21)34-31-37-30(33)38-32(39-31)35-25-16-17-27(28(20-25)36-29(42)4-2)41-40-26-15-14-22-11-6-7-12-23(22)19-26/h6-8,10-20H,3-5,9H2,1-2H3,(H,36,42)(H2,34,35,37,38,39). The largest absolute Gasteiger partial charge is 0.324 e. The maximum absolute atomic E-state index is 12.3. The van der Waals surface area contributed by atoms with E-state index in [1.54, 1.807) is 25.1 Å². The smallest absolute Gasteiger partial charge is 0.233 e. The minimum Gasteiger partial charge on any atom is -0.324 e. The molecule has 1 heterocycles. The van der Waals surface area contributed by atoms with Gasteiger partial charge in [-0.15, -0.1) is 5.11 Å². The van der Waals surface area contributed by atoms with E-state index in [1.807, 2.05) is 54.6 Å². The van der Waals surface area contributed by atoms with Crippen LogP contribution in [-0.2, 0) is 11.2 Å². The zero-order valence-corrected chi connectivity index (χ0v) is 24.2. The summed E-state index contributed by atoms with van der Waals surface area (Å²) in [4.78, 5) is 25.2. The molecular weight excluding hydrogens is 548 g/mol. The Morgan fingerprint density at radius 2 is 1.55 bits per heavy atom. The Kier molecular flexibility index (Phi) is 9.30. The average Bonchev–Trinajstić information content (AvgIpc) is 2.99. The zero-order chi connectivity index (χ0) is 29.3. The number of carbonyl (C=O) groups is 1. The van der Waals surface area contributed by atoms with Crippen LogP contribution in [0, 0.1) is 0 Å². The van der Waals surface area contributed by atoms with Crippen LogP contribution in [0.3, 0.4) is 0 Å². The predicted molar refractivity (Wildman–Crippen MR) is 170 cm³/mol. The predicted octanol–water partition coefficient (Wildman–Crippen LogP) is 9.27. The van der Waals surface area contributed by atoms with Crippen molar-refractivity contribution in [3.05, 3.63) is 95.8 Å². The number of carbonyl (C=O) groups excluding carboxylic acids is 1. The molecule has 0 radical (unpaired) electrons. The highest BCUT2D eigenvalue weighted by Gasteiger charge is 2.11. The molecule has 0 aliphatic carbocycles. The van der Waals surface area contributed by atoms with Crippen LogP contribution < -0.4 is 16.0 Å². The van der Waals surface area contributed by atoms with E-state index in [-0.39, 0.29) is 17.1 Å². The van der Waals surface area contributed by atoms with Gasteiger partial charge in [-0.2, -0.15) is 20.1 Å². The van der Waals surface area contributed by atoms with Crippen LogP contribution in [0.4, 0.5) is 40.3 Å². The highest BCUT2D eigenvalue weighted by molar-refractivity contribution is 6.28. The average molecular weight is 579 g/mol. The van der Waals surface area contributed by atoms with Crippen molar-refractivity contribution in [3.8, 4) is 0 Å². The summed E-state index contributed by atoms with van der Waals surface area (Å²) < 4.78 is 0. The molecule has 0 saturated carbocycles. The molecular formula is C32H31ClN8O. The lowest BCUT2D eigenvalue weighted by atomic mass is 10.1. The number of anilines is 5. The second-order valence-electron chi connectivity index (χ2n) is 9.67. The number of fused-ring (bicyclic) bond motifs is 1. The quantitative estimate of drug-likeness (QED) is 0.134. The van der Waals surface area contributed by atoms with Crippen LogP contribution in [0.5, 0.6) is 0 Å². The topological polar surface area (TPSA) is 117 Å². The molecule has 0 spiro atoms. The van der Waals surface area contributed by atoms with Gasteiger partial charge in [-0.1, -0.05) is 62.7 Å². The third kappa shape index (κ3) is 7.64. The van der Waals surface area contributed by atoms with E-state index in [4.69, 9.17) is 11.6 Å². The molecule has 1 aromatic heterocycles. The van der Waals surface area contributed by atoms with Crippen molar-refractivity contribution in [1.29, 1.82) is 0 Å². The summed E-state index contributed by atoms with van der Waals surface area (Å²) in [5.41, 5.74) is 4.44. The van der Waals surface area contributed by atoms with Crippen molar-refractivity contribution in [2.75, 3.05) is 16.0 Å². The molecule has 9 nitrogen and oxygen atoms in total. The van der Waals surface area contributed by atoms with E-state index in [9.17, 15) is 4.79 Å². The van der Waals surface area contributed by atoms with Crippen LogP contribution in [-0.4, -0.2) is 20.9 Å². The second-order valence-corrected chi connectivity index (χ2v) is 10.0. The molecule has 3 N–H and O–H groups in total. The molecule has 0 saturated heterocycles. The number of halogens is 1. The number of nitrogens with zero attached hydrogens (tertiary/aromatic N) is 5. The SMILES string of the molecule is CCCCc1cccc(Nc2nc(Cl)nc(Nc3ccc(N=Nc4ccc5ccccc5c4)c(NC(=O)CC)c3)n2)c1. The molecule has 212 valence electrons. The Morgan fingerprint density at radius 3 is 2.31 bits per heavy atom. The van der Waals surface area contributed by atoms with Crippen molar-refractivity contribution in [1.82, 2.24) is 15.0 Å². The van der Waals surface area contributed by atoms with Gasteiger partial charge in [0.25, 0.3) is 0 Å². The Morgan fingerprint density at radius 1 is 0.786 bits per heavy atom. The van der Waals surface area contributed by atoms with E-state index in [0.29, 0.717) is 35.1 Å². The minimum atomic E-state index is -0.148. The fourth-order valence-electron chi connectivity index (χ4n) is 4.30. The number of hydrogen-bond acceptors (Lipinski definition) is 8. The lowest BCUT2D eigenvalue weighted by Gasteiger charge is -2.12. The molecule has 5 aromatic rings. The Hall–Kier alpha value is -4.89. The molecule has 0 fully saturated rings. The molecule has 10 heteroatoms. The lowest BCUT2D eigenvalue weighted by molar-refractivity contribution is -0.115. The van der Waals surface area contributed by atoms with E-state index >= 15 is 0 Å². The van der Waals surface area contributed by atoms with Crippen molar-refractivity contribution in [2.45, 2.75) is 39.5 Å². The van der Waals surface area contributed by atoms with Gasteiger partial charge in [-0.05, 0) is 83.2 Å². The van der Waals surface area contributed by atoms with Crippen molar-refractivity contribution in [3.63, 3.8) is 0 Å². The maximum atomic E-state index is 12.3. The monoisotopic (exact) mass is 578 g/mol. The van der Waals surface area contributed by atoms with E-state index in [2.05, 4.69) is 60.2 Å². The molecule has 1 amide bonds. The Bertz CT molecular complexity index is 1740. The normalized spacial score (nSPS) is 11.1. The van der Waals surface area contributed by atoms with Gasteiger partial charge >= 0.3 is 0 Å². The highest BCUT2D eigenvalue weighted by atomic mass is 35.5. The fraction of sp³-hybridized carbons (Fsp3) is 0.188. The van der Waals surface area contributed by atoms with E-state index in [0.717, 1.165) is 35.7 Å². The van der Waals surface area contributed by atoms with Crippen molar-refractivity contribution < 1.29 is 4.79 Å². The first-order chi connectivity index (χ1) is 20.5. The van der Waals surface area contributed by atoms with Gasteiger partial charge in [0.05, 0.1) is 11.4 Å². The van der Waals surface area contributed by atoms with Crippen LogP contribution in [0.25, 0.3) is 10.8 Å². The molecule has 4 aromatic carbocycles. The summed E-state index contributed by atoms with van der Waals surface area (Å²) in [6, 6.07) is 27.4. The number of azo groups is 1. The maximum Gasteiger partial charge on any atom is 0.233 e. The first-order valence-corrected chi connectivity index (χ1v) is 14.3. The second kappa shape index (κ2) is 13.6. The summed E-state index contributed by atoms with van der Waals surface area (Å²) >= 11 is 6.24. The number of unbranched alkanes of at least 4 members (excludes halogenated alkanes) is 1. The van der Waals surface area contributed by atoms with Crippen molar-refractivity contribution >= 4 is 68.6 Å². The molecule has 0 aliphatic heterocycles. The summed E-state index contributed by atoms with van der Waals surface area (Å²) in [5.74, 6) is 0.411. The van der Waals surface area contributed by atoms with Gasteiger partial charge in [-0.3, -0.25) is 4.79 Å². The molecule has 0 bridgehead atoms. The number of aromatic nitrogens is 3.